The highest BCUT2D eigenvalue weighted by atomic mass is 16.5. The third kappa shape index (κ3) is 1.44. The van der Waals surface area contributed by atoms with Crippen LogP contribution >= 0.6 is 0 Å². The van der Waals surface area contributed by atoms with Gasteiger partial charge in [0.15, 0.2) is 0 Å². The third-order valence-electron chi connectivity index (χ3n) is 3.06. The van der Waals surface area contributed by atoms with Gasteiger partial charge < -0.3 is 4.74 Å². The molecule has 3 atom stereocenters. The topological polar surface area (TPSA) is 9.23 Å². The number of hydrogen-bond donors (Lipinski definition) is 0. The highest BCUT2D eigenvalue weighted by molar-refractivity contribution is 4.92. The fraction of sp³-hybridized carbons (Fsp3) is 0.900. The van der Waals surface area contributed by atoms with E-state index >= 15 is 0 Å². The predicted octanol–water partition coefficient (Wildman–Crippen LogP) is 2.76. The molecule has 0 aromatic heterocycles. The molecule has 2 aliphatic carbocycles. The Labute approximate surface area is 69.1 Å². The molecule has 2 bridgehead atoms. The fourth-order valence-electron chi connectivity index (χ4n) is 2.63. The first kappa shape index (κ1) is 7.60. The predicted molar refractivity (Wildman–Crippen MR) is 44.9 cm³/mol. The Balaban J connectivity index is 1.87. The molecule has 2 saturated carbocycles. The summed E-state index contributed by atoms with van der Waals surface area (Å²) in [4.78, 5) is 0. The van der Waals surface area contributed by atoms with Crippen molar-refractivity contribution in [1.29, 1.82) is 0 Å². The molecule has 0 aromatic rings. The maximum Gasteiger partial charge on any atom is 0.0913 e. The summed E-state index contributed by atoms with van der Waals surface area (Å²) in [6.45, 7) is 4.12. The second-order valence-corrected chi connectivity index (χ2v) is 4.24. The van der Waals surface area contributed by atoms with E-state index in [0.29, 0.717) is 6.10 Å². The maximum absolute atomic E-state index is 5.76. The van der Waals surface area contributed by atoms with Crippen molar-refractivity contribution in [2.45, 2.75) is 45.6 Å². The Kier molecular flexibility index (Phi) is 1.92. The van der Waals surface area contributed by atoms with Gasteiger partial charge in [-0.25, -0.2) is 0 Å². The van der Waals surface area contributed by atoms with Crippen LogP contribution in [0.25, 0.3) is 0 Å². The molecule has 2 rings (SSSR count). The van der Waals surface area contributed by atoms with Crippen molar-refractivity contribution in [1.82, 2.24) is 0 Å². The van der Waals surface area contributed by atoms with Gasteiger partial charge in [-0.2, -0.15) is 0 Å². The van der Waals surface area contributed by atoms with Gasteiger partial charge in [0.1, 0.15) is 0 Å². The zero-order valence-electron chi connectivity index (χ0n) is 7.47. The average Bonchev–Trinajstić information content (AvgIpc) is 2.45. The average molecular weight is 153 g/mol. The van der Waals surface area contributed by atoms with Crippen molar-refractivity contribution >= 4 is 0 Å². The van der Waals surface area contributed by atoms with Gasteiger partial charge in [0.2, 0.25) is 0 Å². The quantitative estimate of drug-likeness (QED) is 0.592. The zero-order chi connectivity index (χ0) is 7.84. The molecule has 0 aromatic carbocycles. The van der Waals surface area contributed by atoms with E-state index in [1.54, 1.807) is 0 Å². The zero-order valence-corrected chi connectivity index (χ0v) is 7.47. The second-order valence-electron chi connectivity index (χ2n) is 4.24. The Hall–Kier alpha value is -0.0400. The summed E-state index contributed by atoms with van der Waals surface area (Å²) in [6, 6.07) is 0. The molecule has 0 heterocycles. The third-order valence-corrected chi connectivity index (χ3v) is 3.06. The summed E-state index contributed by atoms with van der Waals surface area (Å²) < 4.78 is 5.76. The monoisotopic (exact) mass is 153 g/mol. The lowest BCUT2D eigenvalue weighted by Gasteiger charge is -2.23. The summed E-state index contributed by atoms with van der Waals surface area (Å²) in [5.41, 5.74) is 0. The molecular formula is C10H17O. The lowest BCUT2D eigenvalue weighted by atomic mass is 9.98. The lowest BCUT2D eigenvalue weighted by Crippen LogP contribution is -2.20. The van der Waals surface area contributed by atoms with Crippen molar-refractivity contribution < 1.29 is 4.74 Å². The van der Waals surface area contributed by atoms with Crippen LogP contribution in [0.5, 0.6) is 0 Å². The van der Waals surface area contributed by atoms with E-state index < -0.39 is 0 Å². The first-order valence-corrected chi connectivity index (χ1v) is 4.72. The number of fused-ring (bicyclic) bond motifs is 2. The molecule has 2 aliphatic rings. The van der Waals surface area contributed by atoms with Gasteiger partial charge in [-0.3, -0.25) is 0 Å². The maximum atomic E-state index is 5.76. The molecule has 0 aliphatic heterocycles. The first-order valence-electron chi connectivity index (χ1n) is 4.72. The highest BCUT2D eigenvalue weighted by Gasteiger charge is 2.40. The minimum atomic E-state index is 0.582. The van der Waals surface area contributed by atoms with Gasteiger partial charge in [0.05, 0.1) is 12.2 Å². The molecule has 2 fully saturated rings. The van der Waals surface area contributed by atoms with E-state index in [-0.39, 0.29) is 0 Å². The molecule has 1 heteroatoms. The Bertz CT molecular complexity index is 142. The molecular weight excluding hydrogens is 136 g/mol. The number of ether oxygens (including phenoxy) is 1. The van der Waals surface area contributed by atoms with Crippen LogP contribution in [-0.4, -0.2) is 6.10 Å². The molecule has 11 heavy (non-hydrogen) atoms. The van der Waals surface area contributed by atoms with Crippen LogP contribution in [0.15, 0.2) is 0 Å². The van der Waals surface area contributed by atoms with Gasteiger partial charge in [0.25, 0.3) is 0 Å². The van der Waals surface area contributed by atoms with Gasteiger partial charge in [-0.15, -0.1) is 0 Å². The molecule has 0 N–H and O–H groups in total. The summed E-state index contributed by atoms with van der Waals surface area (Å²) in [5.74, 6) is 1.90. The molecule has 0 amide bonds. The number of hydrogen-bond acceptors (Lipinski definition) is 1. The Morgan fingerprint density at radius 1 is 1.18 bits per heavy atom. The van der Waals surface area contributed by atoms with Crippen molar-refractivity contribution in [2.24, 2.45) is 11.8 Å². The van der Waals surface area contributed by atoms with E-state index in [9.17, 15) is 0 Å². The van der Waals surface area contributed by atoms with Gasteiger partial charge >= 0.3 is 0 Å². The van der Waals surface area contributed by atoms with Crippen LogP contribution in [0.2, 0.25) is 0 Å². The second kappa shape index (κ2) is 2.78. The van der Waals surface area contributed by atoms with Crippen LogP contribution in [0.3, 0.4) is 0 Å². The van der Waals surface area contributed by atoms with E-state index in [2.05, 4.69) is 13.8 Å². The van der Waals surface area contributed by atoms with Crippen LogP contribution in [0.4, 0.5) is 0 Å². The van der Waals surface area contributed by atoms with E-state index in [0.717, 1.165) is 17.9 Å². The normalized spacial score (nSPS) is 42.3. The standard InChI is InChI=1S/C10H17O/c1-7(2)11-10-6-8-3-4-9(10)5-8/h8-10H,3-6H2,1-2H3. The van der Waals surface area contributed by atoms with Crippen molar-refractivity contribution in [3.8, 4) is 0 Å². The van der Waals surface area contributed by atoms with Crippen molar-refractivity contribution in [3.63, 3.8) is 0 Å². The molecule has 0 saturated heterocycles. The highest BCUT2D eigenvalue weighted by Crippen LogP contribution is 2.46. The smallest absolute Gasteiger partial charge is 0.0913 e. The molecule has 63 valence electrons. The molecule has 0 spiro atoms. The summed E-state index contributed by atoms with van der Waals surface area (Å²) in [7, 11) is 0. The fourth-order valence-corrected chi connectivity index (χ4v) is 2.63. The van der Waals surface area contributed by atoms with Crippen LogP contribution in [0.1, 0.15) is 39.5 Å². The minimum Gasteiger partial charge on any atom is -0.369 e. The number of rotatable bonds is 2. The van der Waals surface area contributed by atoms with Crippen LogP contribution in [0, 0.1) is 17.9 Å². The van der Waals surface area contributed by atoms with Gasteiger partial charge in [-0.1, -0.05) is 0 Å². The molecule has 1 nitrogen and oxygen atoms in total. The van der Waals surface area contributed by atoms with E-state index in [1.807, 2.05) is 0 Å². The molecule has 1 radical (unpaired) electrons. The lowest BCUT2D eigenvalue weighted by molar-refractivity contribution is 0.0324. The summed E-state index contributed by atoms with van der Waals surface area (Å²) in [6.07, 6.45) is 7.38. The van der Waals surface area contributed by atoms with E-state index in [4.69, 9.17) is 4.74 Å². The summed E-state index contributed by atoms with van der Waals surface area (Å²) in [5, 5.41) is 0. The largest absolute Gasteiger partial charge is 0.369 e. The first-order chi connectivity index (χ1) is 5.25. The van der Waals surface area contributed by atoms with Crippen molar-refractivity contribution in [2.75, 3.05) is 0 Å². The van der Waals surface area contributed by atoms with Gasteiger partial charge in [0, 0.05) is 0 Å². The van der Waals surface area contributed by atoms with Crippen LogP contribution < -0.4 is 0 Å². The molecule has 3 unspecified atom stereocenters. The summed E-state index contributed by atoms with van der Waals surface area (Å²) >= 11 is 0. The Morgan fingerprint density at radius 3 is 2.45 bits per heavy atom. The van der Waals surface area contributed by atoms with Crippen molar-refractivity contribution in [3.05, 3.63) is 6.10 Å². The van der Waals surface area contributed by atoms with Gasteiger partial charge in [-0.05, 0) is 51.4 Å². The van der Waals surface area contributed by atoms with E-state index in [1.165, 1.54) is 25.7 Å². The minimum absolute atomic E-state index is 0.582. The Morgan fingerprint density at radius 2 is 2.00 bits per heavy atom. The SMILES string of the molecule is C[C](C)OC1CC2CCC1C2. The van der Waals surface area contributed by atoms with Crippen LogP contribution in [-0.2, 0) is 4.74 Å².